The van der Waals surface area contributed by atoms with Crippen LogP contribution >= 0.6 is 0 Å². The molecular formula is C13H18N4O2. The van der Waals surface area contributed by atoms with E-state index >= 15 is 0 Å². The number of nitrogens with one attached hydrogen (secondary N) is 1. The van der Waals surface area contributed by atoms with Gasteiger partial charge in [-0.15, -0.1) is 0 Å². The maximum atomic E-state index is 10.1. The third-order valence-corrected chi connectivity index (χ3v) is 3.35. The predicted octanol–water partition coefficient (Wildman–Crippen LogP) is 0.372. The summed E-state index contributed by atoms with van der Waals surface area (Å²) in [5.41, 5.74) is 1.22. The lowest BCUT2D eigenvalue weighted by Crippen LogP contribution is -2.29. The van der Waals surface area contributed by atoms with Crippen molar-refractivity contribution in [2.45, 2.75) is 18.8 Å². The van der Waals surface area contributed by atoms with Crippen LogP contribution in [-0.2, 0) is 13.6 Å². The molecule has 19 heavy (non-hydrogen) atoms. The molecular weight excluding hydrogens is 244 g/mol. The minimum Gasteiger partial charge on any atom is -0.483 e. The van der Waals surface area contributed by atoms with Crippen molar-refractivity contribution < 1.29 is 9.84 Å². The van der Waals surface area contributed by atoms with E-state index in [1.165, 1.54) is 5.56 Å². The summed E-state index contributed by atoms with van der Waals surface area (Å²) >= 11 is 0. The summed E-state index contributed by atoms with van der Waals surface area (Å²) in [5, 5.41) is 14.1. The first-order valence-electron chi connectivity index (χ1n) is 6.38. The lowest BCUT2D eigenvalue weighted by molar-refractivity contribution is 0.0736. The number of aliphatic hydroxyl groups excluding tert-OH is 1. The van der Waals surface area contributed by atoms with Gasteiger partial charge in [0.1, 0.15) is 12.2 Å². The minimum atomic E-state index is -0.459. The first-order chi connectivity index (χ1) is 9.20. The van der Waals surface area contributed by atoms with Crippen molar-refractivity contribution in [3.63, 3.8) is 0 Å². The molecule has 1 saturated heterocycles. The van der Waals surface area contributed by atoms with Gasteiger partial charge < -0.3 is 14.8 Å². The van der Waals surface area contributed by atoms with E-state index in [1.807, 2.05) is 31.7 Å². The Morgan fingerprint density at radius 1 is 1.53 bits per heavy atom. The number of rotatable bonds is 4. The molecule has 0 aliphatic carbocycles. The van der Waals surface area contributed by atoms with Crippen molar-refractivity contribution in [1.82, 2.24) is 19.7 Å². The molecule has 2 N–H and O–H groups in total. The Morgan fingerprint density at radius 2 is 2.42 bits per heavy atom. The van der Waals surface area contributed by atoms with Gasteiger partial charge >= 0.3 is 0 Å². The Bertz CT molecular complexity index is 522. The fourth-order valence-corrected chi connectivity index (χ4v) is 2.43. The van der Waals surface area contributed by atoms with E-state index in [1.54, 1.807) is 10.9 Å². The van der Waals surface area contributed by atoms with Gasteiger partial charge in [-0.3, -0.25) is 9.58 Å². The lowest BCUT2D eigenvalue weighted by atomic mass is 10.3. The number of H-pyrrole nitrogens is 1. The highest BCUT2D eigenvalue weighted by Crippen LogP contribution is 2.19. The summed E-state index contributed by atoms with van der Waals surface area (Å²) in [5.74, 6) is 0.704. The maximum Gasteiger partial charge on any atom is 0.157 e. The van der Waals surface area contributed by atoms with Crippen LogP contribution < -0.4 is 4.74 Å². The second kappa shape index (κ2) is 5.07. The van der Waals surface area contributed by atoms with Crippen molar-refractivity contribution >= 4 is 0 Å². The third kappa shape index (κ3) is 2.80. The van der Waals surface area contributed by atoms with Crippen LogP contribution in [0.2, 0.25) is 0 Å². The highest BCUT2D eigenvalue weighted by molar-refractivity contribution is 5.13. The molecule has 1 fully saturated rings. The number of aryl methyl sites for hydroxylation is 1. The van der Waals surface area contributed by atoms with Gasteiger partial charge in [-0.2, -0.15) is 5.10 Å². The van der Waals surface area contributed by atoms with Gasteiger partial charge in [0.15, 0.2) is 5.75 Å². The van der Waals surface area contributed by atoms with Crippen LogP contribution in [0, 0.1) is 0 Å². The molecule has 102 valence electrons. The number of aromatic amines is 1. The van der Waals surface area contributed by atoms with E-state index in [9.17, 15) is 5.11 Å². The van der Waals surface area contributed by atoms with Crippen LogP contribution in [0.5, 0.6) is 5.75 Å². The number of ether oxygens (including phenoxy) is 1. The normalized spacial score (nSPS) is 23.9. The van der Waals surface area contributed by atoms with Gasteiger partial charge in [-0.25, -0.2) is 0 Å². The van der Waals surface area contributed by atoms with Crippen LogP contribution in [0.25, 0.3) is 0 Å². The number of β-amino-alcohol motifs (C(OH)–C–C–N with tert-alkyl or cyclic N) is 1. The SMILES string of the molecule is Cn1cc(O[C@@H]2CN(Cc3cc[nH]c3)C[C@H]2O)cn1. The van der Waals surface area contributed by atoms with Gasteiger partial charge in [-0.1, -0.05) is 0 Å². The number of hydrogen-bond donors (Lipinski definition) is 2. The fraction of sp³-hybridized carbons (Fsp3) is 0.462. The summed E-state index contributed by atoms with van der Waals surface area (Å²) in [6, 6.07) is 2.04. The summed E-state index contributed by atoms with van der Waals surface area (Å²) in [7, 11) is 1.84. The minimum absolute atomic E-state index is 0.192. The molecule has 0 spiro atoms. The number of likely N-dealkylation sites (tertiary alicyclic amines) is 1. The van der Waals surface area contributed by atoms with Crippen LogP contribution in [0.3, 0.4) is 0 Å². The van der Waals surface area contributed by atoms with Gasteiger partial charge in [0.25, 0.3) is 0 Å². The summed E-state index contributed by atoms with van der Waals surface area (Å²) < 4.78 is 7.46. The molecule has 2 aromatic rings. The first-order valence-corrected chi connectivity index (χ1v) is 6.38. The summed E-state index contributed by atoms with van der Waals surface area (Å²) in [6.07, 6.45) is 6.71. The summed E-state index contributed by atoms with van der Waals surface area (Å²) in [6.45, 7) is 2.19. The van der Waals surface area contributed by atoms with Gasteiger partial charge in [0.2, 0.25) is 0 Å². The lowest BCUT2D eigenvalue weighted by Gasteiger charge is -2.15. The van der Waals surface area contributed by atoms with E-state index < -0.39 is 6.10 Å². The number of nitrogens with zero attached hydrogens (tertiary/aromatic N) is 3. The zero-order valence-electron chi connectivity index (χ0n) is 10.9. The Labute approximate surface area is 111 Å². The molecule has 2 aromatic heterocycles. The first kappa shape index (κ1) is 12.3. The van der Waals surface area contributed by atoms with E-state index in [4.69, 9.17) is 4.74 Å². The molecule has 0 radical (unpaired) electrons. The predicted molar refractivity (Wildman–Crippen MR) is 69.7 cm³/mol. The van der Waals surface area contributed by atoms with Crippen molar-refractivity contribution in [2.24, 2.45) is 7.05 Å². The summed E-state index contributed by atoms with van der Waals surface area (Å²) in [4.78, 5) is 5.23. The maximum absolute atomic E-state index is 10.1. The van der Waals surface area contributed by atoms with Crippen LogP contribution in [0.1, 0.15) is 5.56 Å². The highest BCUT2D eigenvalue weighted by atomic mass is 16.5. The van der Waals surface area contributed by atoms with Gasteiger partial charge in [-0.05, 0) is 11.6 Å². The molecule has 6 heteroatoms. The Morgan fingerprint density at radius 3 is 3.11 bits per heavy atom. The van der Waals surface area contributed by atoms with E-state index in [-0.39, 0.29) is 6.10 Å². The molecule has 1 aliphatic heterocycles. The topological polar surface area (TPSA) is 66.3 Å². The quantitative estimate of drug-likeness (QED) is 0.835. The van der Waals surface area contributed by atoms with E-state index in [0.29, 0.717) is 12.3 Å². The molecule has 0 amide bonds. The number of hydrogen-bond acceptors (Lipinski definition) is 4. The number of aliphatic hydroxyl groups is 1. The molecule has 2 atom stereocenters. The second-order valence-corrected chi connectivity index (χ2v) is 4.99. The zero-order valence-corrected chi connectivity index (χ0v) is 10.9. The molecule has 0 unspecified atom stereocenters. The smallest absolute Gasteiger partial charge is 0.157 e. The van der Waals surface area contributed by atoms with Crippen molar-refractivity contribution in [3.05, 3.63) is 36.4 Å². The Balaban J connectivity index is 1.59. The average Bonchev–Trinajstić information content (AvgIpc) is 3.06. The average molecular weight is 262 g/mol. The second-order valence-electron chi connectivity index (χ2n) is 4.99. The molecule has 6 nitrogen and oxygen atoms in total. The van der Waals surface area contributed by atoms with Crippen LogP contribution in [-0.4, -0.2) is 50.1 Å². The Kier molecular flexibility index (Phi) is 3.27. The largest absolute Gasteiger partial charge is 0.483 e. The highest BCUT2D eigenvalue weighted by Gasteiger charge is 2.33. The Hall–Kier alpha value is -1.79. The van der Waals surface area contributed by atoms with Crippen molar-refractivity contribution in [3.8, 4) is 5.75 Å². The van der Waals surface area contributed by atoms with Gasteiger partial charge in [0, 0.05) is 39.1 Å². The van der Waals surface area contributed by atoms with Crippen LogP contribution in [0.15, 0.2) is 30.9 Å². The van der Waals surface area contributed by atoms with Gasteiger partial charge in [0.05, 0.1) is 12.4 Å². The fourth-order valence-electron chi connectivity index (χ4n) is 2.43. The third-order valence-electron chi connectivity index (χ3n) is 3.35. The molecule has 0 bridgehead atoms. The standard InChI is InChI=1S/C13H18N4O2/c1-16-7-11(5-15-16)19-13-9-17(8-12(13)18)6-10-2-3-14-4-10/h2-5,7,12-14,18H,6,8-9H2,1H3/t12-,13-/m1/s1. The monoisotopic (exact) mass is 262 g/mol. The molecule has 0 saturated carbocycles. The van der Waals surface area contributed by atoms with Crippen LogP contribution in [0.4, 0.5) is 0 Å². The number of aromatic nitrogens is 3. The molecule has 3 rings (SSSR count). The molecule has 3 heterocycles. The molecule has 1 aliphatic rings. The van der Waals surface area contributed by atoms with Crippen molar-refractivity contribution in [1.29, 1.82) is 0 Å². The van der Waals surface area contributed by atoms with Crippen molar-refractivity contribution in [2.75, 3.05) is 13.1 Å². The molecule has 0 aromatic carbocycles. The van der Waals surface area contributed by atoms with E-state index in [0.717, 1.165) is 13.1 Å². The van der Waals surface area contributed by atoms with E-state index in [2.05, 4.69) is 15.0 Å². The zero-order chi connectivity index (χ0) is 13.2.